The smallest absolute Gasteiger partial charge is 0.254 e. The summed E-state index contributed by atoms with van der Waals surface area (Å²) in [4.78, 5) is 30.7. The van der Waals surface area contributed by atoms with Gasteiger partial charge in [0.1, 0.15) is 11.9 Å². The summed E-state index contributed by atoms with van der Waals surface area (Å²) in [6.45, 7) is 5.51. The van der Waals surface area contributed by atoms with Crippen LogP contribution in [0.25, 0.3) is 0 Å². The first kappa shape index (κ1) is 24.8. The number of anilines is 1. The summed E-state index contributed by atoms with van der Waals surface area (Å²) in [6.07, 6.45) is 5.01. The Labute approximate surface area is 212 Å². The van der Waals surface area contributed by atoms with Gasteiger partial charge in [-0.05, 0) is 68.9 Å². The molecule has 1 N–H and O–H groups in total. The minimum absolute atomic E-state index is 0.0452. The third-order valence-corrected chi connectivity index (χ3v) is 7.89. The molecule has 5 atom stereocenters. The predicted octanol–water partition coefficient (Wildman–Crippen LogP) is 4.53. The molecule has 2 heterocycles. The van der Waals surface area contributed by atoms with E-state index in [4.69, 9.17) is 4.74 Å². The minimum atomic E-state index is -0.494. The van der Waals surface area contributed by atoms with Crippen molar-refractivity contribution in [3.8, 4) is 0 Å². The number of morpholine rings is 1. The molecule has 36 heavy (non-hydrogen) atoms. The summed E-state index contributed by atoms with van der Waals surface area (Å²) in [5.41, 5.74) is 1.88. The molecule has 2 saturated heterocycles. The van der Waals surface area contributed by atoms with Crippen LogP contribution in [0.2, 0.25) is 0 Å². The van der Waals surface area contributed by atoms with Crippen molar-refractivity contribution >= 4 is 17.5 Å². The van der Waals surface area contributed by atoms with Gasteiger partial charge in [-0.15, -0.1) is 0 Å². The number of ether oxygens (including phenoxy) is 1. The van der Waals surface area contributed by atoms with E-state index in [1.807, 2.05) is 60.0 Å². The number of nitrogens with zero attached hydrogens (tertiary/aromatic N) is 2. The van der Waals surface area contributed by atoms with Crippen LogP contribution < -0.4 is 10.2 Å². The third kappa shape index (κ3) is 5.12. The highest BCUT2D eigenvalue weighted by Crippen LogP contribution is 2.40. The molecule has 192 valence electrons. The predicted molar refractivity (Wildman–Crippen MR) is 137 cm³/mol. The van der Waals surface area contributed by atoms with E-state index in [1.165, 1.54) is 6.07 Å². The number of likely N-dealkylation sites (tertiary alicyclic amines) is 1. The van der Waals surface area contributed by atoms with E-state index in [-0.39, 0.29) is 42.4 Å². The topological polar surface area (TPSA) is 61.9 Å². The Balaban J connectivity index is 1.27. The standard InChI is InChI=1S/C29H36FN3O3/c1-19-17-32(18-20(2)36-19)26-13-12-21(14-24(26)30)16-31-28(34)27-15-23-10-6-7-11-25(23)33(27)29(35)22-8-4-3-5-9-22/h3-5,8-9,12-14,19-20,23,25,27H,6-7,10-11,15-18H2,1-2H3,(H,31,34). The minimum Gasteiger partial charge on any atom is -0.372 e. The first-order chi connectivity index (χ1) is 17.4. The highest BCUT2D eigenvalue weighted by Gasteiger charge is 2.47. The molecule has 7 heteroatoms. The molecule has 2 aromatic rings. The van der Waals surface area contributed by atoms with Crippen LogP contribution in [0.4, 0.5) is 10.1 Å². The SMILES string of the molecule is CC1CN(c2ccc(CNC(=O)C3CC4CCCCC4N3C(=O)c3ccccc3)cc2F)CC(C)O1. The summed E-state index contributed by atoms with van der Waals surface area (Å²) >= 11 is 0. The van der Waals surface area contributed by atoms with Crippen molar-refractivity contribution in [3.63, 3.8) is 0 Å². The van der Waals surface area contributed by atoms with Gasteiger partial charge < -0.3 is 19.9 Å². The van der Waals surface area contributed by atoms with Crippen LogP contribution in [-0.4, -0.2) is 54.1 Å². The molecule has 2 aromatic carbocycles. The molecule has 6 nitrogen and oxygen atoms in total. The number of fused-ring (bicyclic) bond motifs is 1. The summed E-state index contributed by atoms with van der Waals surface area (Å²) in [5, 5.41) is 2.99. The Morgan fingerprint density at radius 1 is 1.03 bits per heavy atom. The van der Waals surface area contributed by atoms with Crippen molar-refractivity contribution in [1.82, 2.24) is 10.2 Å². The molecule has 1 saturated carbocycles. The normalized spacial score (nSPS) is 28.0. The highest BCUT2D eigenvalue weighted by molar-refractivity contribution is 5.98. The Kier molecular flexibility index (Phi) is 7.28. The zero-order chi connectivity index (χ0) is 25.2. The Morgan fingerprint density at radius 3 is 2.47 bits per heavy atom. The molecule has 3 fully saturated rings. The maximum absolute atomic E-state index is 15.0. The van der Waals surface area contributed by atoms with Gasteiger partial charge in [0.2, 0.25) is 5.91 Å². The number of hydrogen-bond donors (Lipinski definition) is 1. The number of halogens is 1. The fourth-order valence-electron chi connectivity index (χ4n) is 6.31. The lowest BCUT2D eigenvalue weighted by Gasteiger charge is -2.37. The Morgan fingerprint density at radius 2 is 1.75 bits per heavy atom. The van der Waals surface area contributed by atoms with E-state index in [2.05, 4.69) is 5.32 Å². The van der Waals surface area contributed by atoms with Crippen LogP contribution in [0, 0.1) is 11.7 Å². The van der Waals surface area contributed by atoms with E-state index in [0.29, 0.717) is 42.2 Å². The third-order valence-electron chi connectivity index (χ3n) is 7.89. The van der Waals surface area contributed by atoms with Gasteiger partial charge in [-0.1, -0.05) is 37.1 Å². The number of amides is 2. The highest BCUT2D eigenvalue weighted by atomic mass is 19.1. The second-order valence-corrected chi connectivity index (χ2v) is 10.6. The Bertz CT molecular complexity index is 1080. The average Bonchev–Trinajstić information content (AvgIpc) is 3.26. The van der Waals surface area contributed by atoms with Gasteiger partial charge in [0, 0.05) is 31.2 Å². The molecule has 3 aliphatic rings. The van der Waals surface area contributed by atoms with Crippen molar-refractivity contribution in [3.05, 3.63) is 65.5 Å². The van der Waals surface area contributed by atoms with Gasteiger partial charge in [0.15, 0.2) is 0 Å². The first-order valence-corrected chi connectivity index (χ1v) is 13.2. The first-order valence-electron chi connectivity index (χ1n) is 13.2. The summed E-state index contributed by atoms with van der Waals surface area (Å²) in [7, 11) is 0. The van der Waals surface area contributed by atoms with Gasteiger partial charge in [0.05, 0.1) is 17.9 Å². The van der Waals surface area contributed by atoms with E-state index in [0.717, 1.165) is 25.7 Å². The van der Waals surface area contributed by atoms with E-state index < -0.39 is 6.04 Å². The van der Waals surface area contributed by atoms with Gasteiger partial charge in [0.25, 0.3) is 5.91 Å². The van der Waals surface area contributed by atoms with Crippen molar-refractivity contribution in [2.24, 2.45) is 5.92 Å². The van der Waals surface area contributed by atoms with Crippen LogP contribution >= 0.6 is 0 Å². The quantitative estimate of drug-likeness (QED) is 0.665. The van der Waals surface area contributed by atoms with E-state index in [1.54, 1.807) is 6.07 Å². The molecule has 0 radical (unpaired) electrons. The molecule has 2 aliphatic heterocycles. The number of benzene rings is 2. The molecule has 0 bridgehead atoms. The molecule has 0 aromatic heterocycles. The molecule has 1 aliphatic carbocycles. The molecule has 0 spiro atoms. The molecule has 2 amide bonds. The van der Waals surface area contributed by atoms with Gasteiger partial charge in [-0.2, -0.15) is 0 Å². The zero-order valence-corrected chi connectivity index (χ0v) is 21.2. The molecule has 5 unspecified atom stereocenters. The Hall–Kier alpha value is -2.93. The van der Waals surface area contributed by atoms with Crippen LogP contribution in [-0.2, 0) is 16.1 Å². The van der Waals surface area contributed by atoms with Crippen LogP contribution in [0.3, 0.4) is 0 Å². The second kappa shape index (κ2) is 10.6. The maximum Gasteiger partial charge on any atom is 0.254 e. The van der Waals surface area contributed by atoms with Gasteiger partial charge in [-0.3, -0.25) is 9.59 Å². The molecular formula is C29H36FN3O3. The number of carbonyl (C=O) groups excluding carboxylic acids is 2. The van der Waals surface area contributed by atoms with Crippen LogP contribution in [0.1, 0.15) is 61.9 Å². The van der Waals surface area contributed by atoms with Crippen molar-refractivity contribution in [1.29, 1.82) is 0 Å². The summed E-state index contributed by atoms with van der Waals surface area (Å²) in [5.74, 6) is -0.170. The number of carbonyl (C=O) groups is 2. The second-order valence-electron chi connectivity index (χ2n) is 10.6. The van der Waals surface area contributed by atoms with Crippen molar-refractivity contribution in [2.45, 2.75) is 76.8 Å². The van der Waals surface area contributed by atoms with Gasteiger partial charge in [-0.25, -0.2) is 4.39 Å². The van der Waals surface area contributed by atoms with Crippen LogP contribution in [0.5, 0.6) is 0 Å². The zero-order valence-electron chi connectivity index (χ0n) is 21.2. The van der Waals surface area contributed by atoms with Gasteiger partial charge >= 0.3 is 0 Å². The average molecular weight is 494 g/mol. The van der Waals surface area contributed by atoms with Crippen molar-refractivity contribution < 1.29 is 18.7 Å². The fraction of sp³-hybridized carbons (Fsp3) is 0.517. The fourth-order valence-corrected chi connectivity index (χ4v) is 6.31. The lowest BCUT2D eigenvalue weighted by molar-refractivity contribution is -0.125. The maximum atomic E-state index is 15.0. The molecule has 5 rings (SSSR count). The molecular weight excluding hydrogens is 457 g/mol. The largest absolute Gasteiger partial charge is 0.372 e. The van der Waals surface area contributed by atoms with Crippen molar-refractivity contribution in [2.75, 3.05) is 18.0 Å². The van der Waals surface area contributed by atoms with E-state index in [9.17, 15) is 9.59 Å². The van der Waals surface area contributed by atoms with E-state index >= 15 is 4.39 Å². The lowest BCUT2D eigenvalue weighted by atomic mass is 9.84. The summed E-state index contributed by atoms with van der Waals surface area (Å²) < 4.78 is 20.8. The van der Waals surface area contributed by atoms with Crippen LogP contribution in [0.15, 0.2) is 48.5 Å². The number of nitrogens with one attached hydrogen (secondary N) is 1. The number of rotatable bonds is 5. The lowest BCUT2D eigenvalue weighted by Crippen LogP contribution is -2.49. The number of hydrogen-bond acceptors (Lipinski definition) is 4. The monoisotopic (exact) mass is 493 g/mol. The summed E-state index contributed by atoms with van der Waals surface area (Å²) in [6, 6.07) is 14.0.